The van der Waals surface area contributed by atoms with Gasteiger partial charge in [-0.15, -0.1) is 0 Å². The zero-order valence-corrected chi connectivity index (χ0v) is 12.7. The van der Waals surface area contributed by atoms with Crippen molar-refractivity contribution in [1.29, 1.82) is 0 Å². The highest BCUT2D eigenvalue weighted by Crippen LogP contribution is 2.17. The summed E-state index contributed by atoms with van der Waals surface area (Å²) in [6.45, 7) is 4.17. The van der Waals surface area contributed by atoms with E-state index in [9.17, 15) is 4.79 Å². The monoisotopic (exact) mass is 274 g/mol. The Kier molecular flexibility index (Phi) is 7.71. The van der Waals surface area contributed by atoms with Crippen molar-refractivity contribution >= 4 is 12.0 Å². The molecule has 0 aromatic heterocycles. The van der Waals surface area contributed by atoms with Crippen LogP contribution in [0.1, 0.15) is 62.1 Å². The molecule has 2 nitrogen and oxygen atoms in total. The third-order valence-corrected chi connectivity index (χ3v) is 3.48. The van der Waals surface area contributed by atoms with Gasteiger partial charge >= 0.3 is 5.97 Å². The molecule has 0 saturated heterocycles. The first-order valence-corrected chi connectivity index (χ1v) is 7.57. The zero-order chi connectivity index (χ0) is 14.8. The molecule has 20 heavy (non-hydrogen) atoms. The number of hydrogen-bond acceptors (Lipinski definition) is 1. The fraction of sp³-hybridized carbons (Fsp3) is 0.500. The third-order valence-electron chi connectivity index (χ3n) is 3.48. The minimum absolute atomic E-state index is 0.309. The highest BCUT2D eigenvalue weighted by Gasteiger charge is 2.01. The summed E-state index contributed by atoms with van der Waals surface area (Å²) in [6, 6.07) is 6.65. The molecule has 0 radical (unpaired) electrons. The van der Waals surface area contributed by atoms with Crippen molar-refractivity contribution in [2.24, 2.45) is 0 Å². The molecular weight excluding hydrogens is 248 g/mol. The number of aliphatic carboxylic acids is 1. The summed E-state index contributed by atoms with van der Waals surface area (Å²) in [6.07, 6.45) is 11.0. The van der Waals surface area contributed by atoms with Gasteiger partial charge in [0, 0.05) is 6.42 Å². The molecule has 0 aliphatic heterocycles. The van der Waals surface area contributed by atoms with Gasteiger partial charge in [0.05, 0.1) is 0 Å². The van der Waals surface area contributed by atoms with Crippen LogP contribution in [0, 0.1) is 6.92 Å². The second-order valence-corrected chi connectivity index (χ2v) is 5.36. The highest BCUT2D eigenvalue weighted by atomic mass is 16.4. The molecule has 0 bridgehead atoms. The van der Waals surface area contributed by atoms with Crippen LogP contribution in [-0.2, 0) is 11.2 Å². The molecule has 0 saturated carbocycles. The van der Waals surface area contributed by atoms with Gasteiger partial charge in [0.25, 0.3) is 0 Å². The normalized spacial score (nSPS) is 11.1. The fourth-order valence-electron chi connectivity index (χ4n) is 2.40. The first kappa shape index (κ1) is 16.5. The largest absolute Gasteiger partial charge is 0.481 e. The van der Waals surface area contributed by atoms with Crippen molar-refractivity contribution in [2.75, 3.05) is 0 Å². The van der Waals surface area contributed by atoms with Crippen LogP contribution in [0.5, 0.6) is 0 Å². The molecule has 2 heteroatoms. The Labute approximate surface area is 122 Å². The van der Waals surface area contributed by atoms with Gasteiger partial charge in [-0.3, -0.25) is 4.79 Å². The van der Waals surface area contributed by atoms with Gasteiger partial charge in [-0.05, 0) is 44.2 Å². The van der Waals surface area contributed by atoms with Gasteiger partial charge in [0.1, 0.15) is 0 Å². The molecule has 0 unspecified atom stereocenters. The van der Waals surface area contributed by atoms with Crippen LogP contribution in [0.15, 0.2) is 24.3 Å². The molecule has 1 N–H and O–H groups in total. The number of aryl methyl sites for hydroxylation is 2. The number of carbonyl (C=O) groups is 1. The molecule has 0 heterocycles. The van der Waals surface area contributed by atoms with E-state index in [4.69, 9.17) is 5.11 Å². The SMILES string of the molecule is C/C=C\c1cc(C)ccc1CCCCCCCC(=O)O. The molecule has 110 valence electrons. The van der Waals surface area contributed by atoms with E-state index in [0.29, 0.717) is 6.42 Å². The summed E-state index contributed by atoms with van der Waals surface area (Å²) in [5, 5.41) is 8.56. The van der Waals surface area contributed by atoms with E-state index in [2.05, 4.69) is 44.2 Å². The number of allylic oxidation sites excluding steroid dienone is 1. The topological polar surface area (TPSA) is 37.3 Å². The Morgan fingerprint density at radius 1 is 1.15 bits per heavy atom. The number of carboxylic acid groups (broad SMARTS) is 1. The smallest absolute Gasteiger partial charge is 0.303 e. The van der Waals surface area contributed by atoms with E-state index < -0.39 is 5.97 Å². The maximum atomic E-state index is 10.4. The Balaban J connectivity index is 2.30. The summed E-state index contributed by atoms with van der Waals surface area (Å²) >= 11 is 0. The molecule has 0 spiro atoms. The van der Waals surface area contributed by atoms with Gasteiger partial charge in [0.2, 0.25) is 0 Å². The number of rotatable bonds is 9. The third kappa shape index (κ3) is 6.55. The second-order valence-electron chi connectivity index (χ2n) is 5.36. The van der Waals surface area contributed by atoms with Gasteiger partial charge in [0.15, 0.2) is 0 Å². The van der Waals surface area contributed by atoms with Crippen LogP contribution in [0.2, 0.25) is 0 Å². The van der Waals surface area contributed by atoms with Crippen LogP contribution in [0.25, 0.3) is 6.08 Å². The molecule has 0 amide bonds. The predicted molar refractivity (Wildman–Crippen MR) is 84.9 cm³/mol. The van der Waals surface area contributed by atoms with E-state index in [1.165, 1.54) is 29.5 Å². The van der Waals surface area contributed by atoms with E-state index in [1.807, 2.05) is 0 Å². The van der Waals surface area contributed by atoms with Gasteiger partial charge in [-0.2, -0.15) is 0 Å². The average molecular weight is 274 g/mol. The van der Waals surface area contributed by atoms with E-state index >= 15 is 0 Å². The van der Waals surface area contributed by atoms with E-state index in [-0.39, 0.29) is 0 Å². The van der Waals surface area contributed by atoms with Crippen LogP contribution < -0.4 is 0 Å². The minimum atomic E-state index is -0.680. The molecular formula is C18H26O2. The van der Waals surface area contributed by atoms with Crippen molar-refractivity contribution in [3.05, 3.63) is 41.0 Å². The predicted octanol–water partition coefficient (Wildman–Crippen LogP) is 5.00. The molecule has 0 aliphatic carbocycles. The first-order chi connectivity index (χ1) is 9.63. The van der Waals surface area contributed by atoms with Crippen LogP contribution >= 0.6 is 0 Å². The van der Waals surface area contributed by atoms with E-state index in [0.717, 1.165) is 25.7 Å². The lowest BCUT2D eigenvalue weighted by molar-refractivity contribution is -0.137. The van der Waals surface area contributed by atoms with Gasteiger partial charge in [-0.1, -0.05) is 55.2 Å². The molecule has 0 fully saturated rings. The lowest BCUT2D eigenvalue weighted by Crippen LogP contribution is -1.94. The van der Waals surface area contributed by atoms with Gasteiger partial charge in [-0.25, -0.2) is 0 Å². The van der Waals surface area contributed by atoms with Crippen molar-refractivity contribution in [3.8, 4) is 0 Å². The number of hydrogen-bond donors (Lipinski definition) is 1. The van der Waals surface area contributed by atoms with Crippen molar-refractivity contribution in [1.82, 2.24) is 0 Å². The lowest BCUT2D eigenvalue weighted by atomic mass is 9.98. The minimum Gasteiger partial charge on any atom is -0.481 e. The summed E-state index contributed by atoms with van der Waals surface area (Å²) in [4.78, 5) is 10.4. The molecule has 0 aliphatic rings. The summed E-state index contributed by atoms with van der Waals surface area (Å²) in [5.41, 5.74) is 4.05. The number of benzene rings is 1. The van der Waals surface area contributed by atoms with Crippen LogP contribution in [0.3, 0.4) is 0 Å². The molecule has 0 atom stereocenters. The molecule has 1 aromatic rings. The Morgan fingerprint density at radius 3 is 2.55 bits per heavy atom. The Morgan fingerprint density at radius 2 is 1.85 bits per heavy atom. The second kappa shape index (κ2) is 9.35. The standard InChI is InChI=1S/C18H26O2/c1-3-9-17-14-15(2)12-13-16(17)10-7-5-4-6-8-11-18(19)20/h3,9,12-14H,4-8,10-11H2,1-2H3,(H,19,20)/b9-3-. The number of unbranched alkanes of at least 4 members (excludes halogenated alkanes) is 4. The summed E-state index contributed by atoms with van der Waals surface area (Å²) in [7, 11) is 0. The first-order valence-electron chi connectivity index (χ1n) is 7.57. The van der Waals surface area contributed by atoms with Crippen LogP contribution in [-0.4, -0.2) is 11.1 Å². The Hall–Kier alpha value is -1.57. The van der Waals surface area contributed by atoms with Gasteiger partial charge < -0.3 is 5.11 Å². The fourth-order valence-corrected chi connectivity index (χ4v) is 2.40. The van der Waals surface area contributed by atoms with Crippen molar-refractivity contribution in [3.63, 3.8) is 0 Å². The van der Waals surface area contributed by atoms with Crippen LogP contribution in [0.4, 0.5) is 0 Å². The van der Waals surface area contributed by atoms with Crippen molar-refractivity contribution < 1.29 is 9.90 Å². The highest BCUT2D eigenvalue weighted by molar-refractivity contribution is 5.66. The van der Waals surface area contributed by atoms with E-state index in [1.54, 1.807) is 0 Å². The maximum absolute atomic E-state index is 10.4. The number of carboxylic acids is 1. The molecule has 1 aromatic carbocycles. The summed E-state index contributed by atoms with van der Waals surface area (Å²) < 4.78 is 0. The Bertz CT molecular complexity index is 447. The summed E-state index contributed by atoms with van der Waals surface area (Å²) in [5.74, 6) is -0.680. The average Bonchev–Trinajstić information content (AvgIpc) is 2.40. The molecule has 1 rings (SSSR count). The lowest BCUT2D eigenvalue weighted by Gasteiger charge is -2.07. The quantitative estimate of drug-likeness (QED) is 0.644. The van der Waals surface area contributed by atoms with Crippen molar-refractivity contribution in [2.45, 2.75) is 58.8 Å². The zero-order valence-electron chi connectivity index (χ0n) is 12.7. The maximum Gasteiger partial charge on any atom is 0.303 e.